The van der Waals surface area contributed by atoms with E-state index in [2.05, 4.69) is 30.9 Å². The summed E-state index contributed by atoms with van der Waals surface area (Å²) in [5.74, 6) is 1.04. The van der Waals surface area contributed by atoms with Crippen molar-refractivity contribution < 1.29 is 4.74 Å². The Kier molecular flexibility index (Phi) is 2.17. The van der Waals surface area contributed by atoms with Crippen molar-refractivity contribution in [3.63, 3.8) is 0 Å². The molecule has 0 saturated heterocycles. The summed E-state index contributed by atoms with van der Waals surface area (Å²) in [6.07, 6.45) is 8.45. The normalized spacial score (nSPS) is 22.1. The van der Waals surface area contributed by atoms with Crippen LogP contribution in [0.15, 0.2) is 60.2 Å². The molecular weight excluding hydrogens is 196 g/mol. The highest BCUT2D eigenvalue weighted by Crippen LogP contribution is 2.34. The molecule has 1 aromatic carbocycles. The topological polar surface area (TPSA) is 9.23 Å². The Morgan fingerprint density at radius 2 is 2.12 bits per heavy atom. The molecule has 1 atom stereocenters. The van der Waals surface area contributed by atoms with Gasteiger partial charge >= 0.3 is 0 Å². The molecule has 0 aromatic heterocycles. The lowest BCUT2D eigenvalue weighted by atomic mass is 10.0. The summed E-state index contributed by atoms with van der Waals surface area (Å²) in [6, 6.07) is 8.29. The lowest BCUT2D eigenvalue weighted by Gasteiger charge is -2.12. The van der Waals surface area contributed by atoms with Crippen molar-refractivity contribution in [2.45, 2.75) is 18.9 Å². The molecule has 3 rings (SSSR count). The monoisotopic (exact) mass is 210 g/mol. The zero-order valence-electron chi connectivity index (χ0n) is 9.15. The minimum atomic E-state index is 0.228. The maximum absolute atomic E-state index is 5.95. The van der Waals surface area contributed by atoms with E-state index in [1.54, 1.807) is 0 Å². The van der Waals surface area contributed by atoms with Crippen LogP contribution in [0.1, 0.15) is 12.0 Å². The number of ether oxygens (including phenoxy) is 1. The van der Waals surface area contributed by atoms with Crippen molar-refractivity contribution in [1.82, 2.24) is 0 Å². The molecule has 0 fully saturated rings. The third-order valence-electron chi connectivity index (χ3n) is 3.24. The number of hydrogen-bond acceptors (Lipinski definition) is 1. The molecule has 0 radical (unpaired) electrons. The van der Waals surface area contributed by atoms with Crippen LogP contribution in [-0.4, -0.2) is 6.10 Å². The van der Waals surface area contributed by atoms with Gasteiger partial charge in [-0.1, -0.05) is 43.0 Å². The Balaban J connectivity index is 1.76. The average molecular weight is 210 g/mol. The predicted molar refractivity (Wildman–Crippen MR) is 65.5 cm³/mol. The van der Waals surface area contributed by atoms with E-state index in [0.717, 1.165) is 18.6 Å². The number of hydrogen-bond donors (Lipinski definition) is 0. The summed E-state index contributed by atoms with van der Waals surface area (Å²) in [5, 5.41) is 0. The third kappa shape index (κ3) is 1.49. The Morgan fingerprint density at radius 3 is 2.88 bits per heavy atom. The van der Waals surface area contributed by atoms with E-state index in [1.165, 1.54) is 16.7 Å². The SMILES string of the molecule is C=CC1=CC=C(C2Cc3ccccc3O2)C1. The highest BCUT2D eigenvalue weighted by Gasteiger charge is 2.26. The van der Waals surface area contributed by atoms with Crippen LogP contribution in [0.4, 0.5) is 0 Å². The van der Waals surface area contributed by atoms with Gasteiger partial charge < -0.3 is 4.74 Å². The highest BCUT2D eigenvalue weighted by molar-refractivity contribution is 5.44. The molecule has 2 aliphatic rings. The Hall–Kier alpha value is -1.76. The standard InChI is InChI=1S/C15H14O/c1-2-11-7-8-13(9-11)15-10-12-5-3-4-6-14(12)16-15/h2-8,15H,1,9-10H2. The van der Waals surface area contributed by atoms with Gasteiger partial charge in [-0.25, -0.2) is 0 Å². The van der Waals surface area contributed by atoms with E-state index in [-0.39, 0.29) is 6.10 Å². The second kappa shape index (κ2) is 3.67. The van der Waals surface area contributed by atoms with Gasteiger partial charge in [-0.05, 0) is 29.2 Å². The fourth-order valence-electron chi connectivity index (χ4n) is 2.32. The fourth-order valence-corrected chi connectivity index (χ4v) is 2.32. The summed E-state index contributed by atoms with van der Waals surface area (Å²) >= 11 is 0. The molecule has 0 spiro atoms. The maximum atomic E-state index is 5.95. The lowest BCUT2D eigenvalue weighted by Crippen LogP contribution is -2.15. The van der Waals surface area contributed by atoms with Crippen LogP contribution in [-0.2, 0) is 6.42 Å². The van der Waals surface area contributed by atoms with Crippen molar-refractivity contribution >= 4 is 0 Å². The van der Waals surface area contributed by atoms with Gasteiger partial charge in [0, 0.05) is 6.42 Å². The second-order valence-electron chi connectivity index (χ2n) is 4.28. The molecule has 80 valence electrons. The van der Waals surface area contributed by atoms with Gasteiger partial charge in [-0.3, -0.25) is 0 Å². The van der Waals surface area contributed by atoms with E-state index in [1.807, 2.05) is 18.2 Å². The number of allylic oxidation sites excluding steroid dienone is 4. The first-order valence-corrected chi connectivity index (χ1v) is 5.63. The molecule has 0 N–H and O–H groups in total. The molecule has 1 unspecified atom stereocenters. The molecule has 0 bridgehead atoms. The minimum absolute atomic E-state index is 0.228. The summed E-state index contributed by atoms with van der Waals surface area (Å²) < 4.78 is 5.95. The summed E-state index contributed by atoms with van der Waals surface area (Å²) in [5.41, 5.74) is 3.97. The highest BCUT2D eigenvalue weighted by atomic mass is 16.5. The van der Waals surface area contributed by atoms with Gasteiger partial charge in [0.25, 0.3) is 0 Å². The molecule has 1 heteroatoms. The molecule has 0 saturated carbocycles. The predicted octanol–water partition coefficient (Wildman–Crippen LogP) is 3.43. The van der Waals surface area contributed by atoms with Crippen LogP contribution in [0.3, 0.4) is 0 Å². The largest absolute Gasteiger partial charge is 0.485 e. The fraction of sp³-hybridized carbons (Fsp3) is 0.200. The van der Waals surface area contributed by atoms with E-state index in [0.29, 0.717) is 0 Å². The Labute approximate surface area is 95.7 Å². The molecule has 1 aliphatic heterocycles. The van der Waals surface area contributed by atoms with Crippen LogP contribution >= 0.6 is 0 Å². The maximum Gasteiger partial charge on any atom is 0.125 e. The molecule has 0 amide bonds. The molecule has 1 nitrogen and oxygen atoms in total. The van der Waals surface area contributed by atoms with Crippen LogP contribution in [0.2, 0.25) is 0 Å². The van der Waals surface area contributed by atoms with E-state index >= 15 is 0 Å². The second-order valence-corrected chi connectivity index (χ2v) is 4.28. The number of benzene rings is 1. The first-order valence-electron chi connectivity index (χ1n) is 5.63. The van der Waals surface area contributed by atoms with Gasteiger partial charge in [0.15, 0.2) is 0 Å². The van der Waals surface area contributed by atoms with Gasteiger partial charge in [-0.2, -0.15) is 0 Å². The van der Waals surface area contributed by atoms with Crippen molar-refractivity contribution in [1.29, 1.82) is 0 Å². The smallest absolute Gasteiger partial charge is 0.125 e. The number of rotatable bonds is 2. The zero-order chi connectivity index (χ0) is 11.0. The first-order chi connectivity index (χ1) is 7.86. The van der Waals surface area contributed by atoms with Crippen LogP contribution in [0.25, 0.3) is 0 Å². The van der Waals surface area contributed by atoms with Crippen molar-refractivity contribution in [3.8, 4) is 5.75 Å². The zero-order valence-corrected chi connectivity index (χ0v) is 9.15. The van der Waals surface area contributed by atoms with Crippen LogP contribution < -0.4 is 4.74 Å². The van der Waals surface area contributed by atoms with E-state index in [9.17, 15) is 0 Å². The van der Waals surface area contributed by atoms with Crippen LogP contribution in [0, 0.1) is 0 Å². The summed E-state index contributed by atoms with van der Waals surface area (Å²) in [4.78, 5) is 0. The van der Waals surface area contributed by atoms with Crippen molar-refractivity contribution in [3.05, 3.63) is 65.8 Å². The molecule has 1 heterocycles. The lowest BCUT2D eigenvalue weighted by molar-refractivity contribution is 0.268. The van der Waals surface area contributed by atoms with Gasteiger partial charge in [0.2, 0.25) is 0 Å². The molecule has 16 heavy (non-hydrogen) atoms. The first kappa shape index (κ1) is 9.46. The van der Waals surface area contributed by atoms with E-state index < -0.39 is 0 Å². The van der Waals surface area contributed by atoms with Gasteiger partial charge in [-0.15, -0.1) is 0 Å². The summed E-state index contributed by atoms with van der Waals surface area (Å²) in [6.45, 7) is 3.80. The minimum Gasteiger partial charge on any atom is -0.485 e. The average Bonchev–Trinajstić information content (AvgIpc) is 2.95. The number of fused-ring (bicyclic) bond motifs is 1. The summed E-state index contributed by atoms with van der Waals surface area (Å²) in [7, 11) is 0. The molecular formula is C15H14O. The number of para-hydroxylation sites is 1. The van der Waals surface area contributed by atoms with Crippen molar-refractivity contribution in [2.24, 2.45) is 0 Å². The molecule has 1 aromatic rings. The Morgan fingerprint density at radius 1 is 1.25 bits per heavy atom. The van der Waals surface area contributed by atoms with Crippen molar-refractivity contribution in [2.75, 3.05) is 0 Å². The van der Waals surface area contributed by atoms with Gasteiger partial charge in [0.1, 0.15) is 11.9 Å². The van der Waals surface area contributed by atoms with Gasteiger partial charge in [0.05, 0.1) is 0 Å². The van der Waals surface area contributed by atoms with E-state index in [4.69, 9.17) is 4.74 Å². The molecule has 1 aliphatic carbocycles. The Bertz CT molecular complexity index is 469. The van der Waals surface area contributed by atoms with Crippen LogP contribution in [0.5, 0.6) is 5.75 Å². The quantitative estimate of drug-likeness (QED) is 0.726. The third-order valence-corrected chi connectivity index (χ3v) is 3.24.